The molecule has 0 spiro atoms. The third kappa shape index (κ3) is 4.13. The van der Waals surface area contributed by atoms with Crippen LogP contribution >= 0.6 is 11.6 Å². The number of sulfonamides is 1. The zero-order chi connectivity index (χ0) is 15.3. The molecule has 0 saturated carbocycles. The number of rotatable bonds is 6. The summed E-state index contributed by atoms with van der Waals surface area (Å²) in [5.41, 5.74) is 1.14. The maximum atomic E-state index is 12.2. The third-order valence-electron chi connectivity index (χ3n) is 2.71. The summed E-state index contributed by atoms with van der Waals surface area (Å²) in [6.45, 7) is 3.39. The van der Waals surface area contributed by atoms with Crippen LogP contribution in [0.4, 0.5) is 5.69 Å². The van der Waals surface area contributed by atoms with E-state index in [4.69, 9.17) is 11.6 Å². The van der Waals surface area contributed by atoms with Gasteiger partial charge in [0.25, 0.3) is 10.0 Å². The van der Waals surface area contributed by atoms with Crippen LogP contribution in [0.15, 0.2) is 41.8 Å². The Hall–Kier alpha value is -1.70. The summed E-state index contributed by atoms with van der Waals surface area (Å²) in [6, 6.07) is 4.64. The Bertz CT molecular complexity index is 707. The van der Waals surface area contributed by atoms with Crippen molar-refractivity contribution in [3.05, 3.63) is 47.5 Å². The first kappa shape index (κ1) is 15.7. The second-order valence-electron chi connectivity index (χ2n) is 4.27. The molecular formula is C13H15ClN4O2S. The van der Waals surface area contributed by atoms with Gasteiger partial charge in [0.2, 0.25) is 0 Å². The molecular weight excluding hydrogens is 312 g/mol. The molecule has 0 aliphatic heterocycles. The molecule has 21 heavy (non-hydrogen) atoms. The highest BCUT2D eigenvalue weighted by Crippen LogP contribution is 2.22. The molecule has 0 saturated heterocycles. The first-order valence-electron chi connectivity index (χ1n) is 6.30. The standard InChI is InChI=1S/C13H15ClN4O2S/c1-2-15-6-10-3-4-12(5-13(10)14)21(19,20)18-11-7-16-9-17-8-11/h3-5,7-9,15,18H,2,6H2,1H3. The molecule has 2 rings (SSSR count). The normalized spacial score (nSPS) is 11.3. The van der Waals surface area contributed by atoms with Crippen LogP contribution in [0.1, 0.15) is 12.5 Å². The number of nitrogens with zero attached hydrogens (tertiary/aromatic N) is 2. The summed E-state index contributed by atoms with van der Waals surface area (Å²) in [5, 5.41) is 3.54. The molecule has 1 heterocycles. The maximum absolute atomic E-state index is 12.2. The second-order valence-corrected chi connectivity index (χ2v) is 6.36. The van der Waals surface area contributed by atoms with Crippen molar-refractivity contribution in [1.29, 1.82) is 0 Å². The average molecular weight is 327 g/mol. The highest BCUT2D eigenvalue weighted by atomic mass is 35.5. The average Bonchev–Trinajstić information content (AvgIpc) is 2.46. The Balaban J connectivity index is 2.22. The van der Waals surface area contributed by atoms with Gasteiger partial charge < -0.3 is 5.32 Å². The van der Waals surface area contributed by atoms with E-state index >= 15 is 0 Å². The molecule has 1 aromatic carbocycles. The molecule has 8 heteroatoms. The fourth-order valence-electron chi connectivity index (χ4n) is 1.66. The summed E-state index contributed by atoms with van der Waals surface area (Å²) >= 11 is 6.12. The SMILES string of the molecule is CCNCc1ccc(S(=O)(=O)Nc2cncnc2)cc1Cl. The van der Waals surface area contributed by atoms with Crippen molar-refractivity contribution in [1.82, 2.24) is 15.3 Å². The van der Waals surface area contributed by atoms with Crippen molar-refractivity contribution >= 4 is 27.3 Å². The van der Waals surface area contributed by atoms with Gasteiger partial charge in [-0.15, -0.1) is 0 Å². The van der Waals surface area contributed by atoms with Crippen molar-refractivity contribution < 1.29 is 8.42 Å². The van der Waals surface area contributed by atoms with E-state index in [9.17, 15) is 8.42 Å². The van der Waals surface area contributed by atoms with Gasteiger partial charge in [-0.2, -0.15) is 0 Å². The molecule has 2 aromatic rings. The zero-order valence-corrected chi connectivity index (χ0v) is 12.9. The topological polar surface area (TPSA) is 84.0 Å². The predicted molar refractivity (Wildman–Crippen MR) is 81.7 cm³/mol. The maximum Gasteiger partial charge on any atom is 0.262 e. The Morgan fingerprint density at radius 3 is 2.57 bits per heavy atom. The Kier molecular flexibility index (Phi) is 5.11. The van der Waals surface area contributed by atoms with Gasteiger partial charge in [0, 0.05) is 11.6 Å². The van der Waals surface area contributed by atoms with Crippen LogP contribution in [0.3, 0.4) is 0 Å². The zero-order valence-electron chi connectivity index (χ0n) is 11.4. The van der Waals surface area contributed by atoms with Crippen LogP contribution in [0, 0.1) is 0 Å². The smallest absolute Gasteiger partial charge is 0.262 e. The molecule has 0 aliphatic carbocycles. The van der Waals surface area contributed by atoms with Crippen molar-refractivity contribution in [3.63, 3.8) is 0 Å². The quantitative estimate of drug-likeness (QED) is 0.848. The van der Waals surface area contributed by atoms with Crippen LogP contribution in [-0.4, -0.2) is 24.9 Å². The van der Waals surface area contributed by atoms with Gasteiger partial charge >= 0.3 is 0 Å². The number of anilines is 1. The van der Waals surface area contributed by atoms with Crippen LogP contribution < -0.4 is 10.0 Å². The molecule has 0 unspecified atom stereocenters. The monoisotopic (exact) mass is 326 g/mol. The van der Waals surface area contributed by atoms with Gasteiger partial charge in [-0.1, -0.05) is 24.6 Å². The molecule has 0 aliphatic rings. The molecule has 6 nitrogen and oxygen atoms in total. The van der Waals surface area contributed by atoms with Crippen molar-refractivity contribution in [2.45, 2.75) is 18.4 Å². The Labute approximate surface area is 128 Å². The minimum Gasteiger partial charge on any atom is -0.313 e. The van der Waals surface area contributed by atoms with E-state index in [1.165, 1.54) is 30.9 Å². The van der Waals surface area contributed by atoms with E-state index in [2.05, 4.69) is 20.0 Å². The van der Waals surface area contributed by atoms with Gasteiger partial charge in [0.15, 0.2) is 0 Å². The molecule has 0 fully saturated rings. The number of aromatic nitrogens is 2. The van der Waals surface area contributed by atoms with E-state index < -0.39 is 10.0 Å². The van der Waals surface area contributed by atoms with Crippen molar-refractivity contribution in [2.24, 2.45) is 0 Å². The van der Waals surface area contributed by atoms with Crippen LogP contribution in [0.25, 0.3) is 0 Å². The second kappa shape index (κ2) is 6.84. The molecule has 2 N–H and O–H groups in total. The van der Waals surface area contributed by atoms with Crippen LogP contribution in [-0.2, 0) is 16.6 Å². The summed E-state index contributed by atoms with van der Waals surface area (Å²) in [6.07, 6.45) is 4.08. The third-order valence-corrected chi connectivity index (χ3v) is 4.44. The van der Waals surface area contributed by atoms with E-state index in [-0.39, 0.29) is 4.90 Å². The molecule has 0 bridgehead atoms. The Morgan fingerprint density at radius 1 is 1.24 bits per heavy atom. The summed E-state index contributed by atoms with van der Waals surface area (Å²) in [5.74, 6) is 0. The molecule has 0 atom stereocenters. The minimum absolute atomic E-state index is 0.0941. The van der Waals surface area contributed by atoms with E-state index in [0.717, 1.165) is 12.1 Å². The summed E-state index contributed by atoms with van der Waals surface area (Å²) in [7, 11) is -3.71. The lowest BCUT2D eigenvalue weighted by Crippen LogP contribution is -2.15. The van der Waals surface area contributed by atoms with E-state index in [0.29, 0.717) is 17.3 Å². The largest absolute Gasteiger partial charge is 0.313 e. The lowest BCUT2D eigenvalue weighted by Gasteiger charge is -2.10. The van der Waals surface area contributed by atoms with Gasteiger partial charge in [-0.3, -0.25) is 4.72 Å². The minimum atomic E-state index is -3.71. The fraction of sp³-hybridized carbons (Fsp3) is 0.231. The van der Waals surface area contributed by atoms with Gasteiger partial charge in [0.05, 0.1) is 23.0 Å². The highest BCUT2D eigenvalue weighted by Gasteiger charge is 2.16. The number of benzene rings is 1. The lowest BCUT2D eigenvalue weighted by molar-refractivity contribution is 0.601. The molecule has 112 valence electrons. The van der Waals surface area contributed by atoms with Crippen molar-refractivity contribution in [3.8, 4) is 0 Å². The Morgan fingerprint density at radius 2 is 1.95 bits per heavy atom. The lowest BCUT2D eigenvalue weighted by atomic mass is 10.2. The number of hydrogen-bond donors (Lipinski definition) is 2. The fourth-order valence-corrected chi connectivity index (χ4v) is 3.03. The molecule has 1 aromatic heterocycles. The first-order chi connectivity index (χ1) is 10.0. The first-order valence-corrected chi connectivity index (χ1v) is 8.16. The van der Waals surface area contributed by atoms with E-state index in [1.54, 1.807) is 6.07 Å². The molecule has 0 amide bonds. The van der Waals surface area contributed by atoms with Crippen LogP contribution in [0.5, 0.6) is 0 Å². The number of halogens is 1. The van der Waals surface area contributed by atoms with Gasteiger partial charge in [0.1, 0.15) is 6.33 Å². The number of nitrogens with one attached hydrogen (secondary N) is 2. The number of hydrogen-bond acceptors (Lipinski definition) is 5. The van der Waals surface area contributed by atoms with E-state index in [1.807, 2.05) is 6.92 Å². The highest BCUT2D eigenvalue weighted by molar-refractivity contribution is 7.92. The van der Waals surface area contributed by atoms with Crippen LogP contribution in [0.2, 0.25) is 5.02 Å². The summed E-state index contributed by atoms with van der Waals surface area (Å²) < 4.78 is 26.9. The van der Waals surface area contributed by atoms with Gasteiger partial charge in [-0.25, -0.2) is 18.4 Å². The predicted octanol–water partition coefficient (Wildman–Crippen LogP) is 2.04. The molecule has 0 radical (unpaired) electrons. The van der Waals surface area contributed by atoms with Gasteiger partial charge in [-0.05, 0) is 24.2 Å². The summed E-state index contributed by atoms with van der Waals surface area (Å²) in [4.78, 5) is 7.61. The van der Waals surface area contributed by atoms with Crippen molar-refractivity contribution in [2.75, 3.05) is 11.3 Å².